The number of hydrogen-bond donors (Lipinski definition) is 2. The smallest absolute Gasteiger partial charge is 0.317 e. The SMILES string of the molecule is CC(C)(C)C(CC(=O)O)NC(=O)N1CCN(C2CC2)CC1. The minimum atomic E-state index is -0.881. The summed E-state index contributed by atoms with van der Waals surface area (Å²) in [5.74, 6) is -0.881. The van der Waals surface area contributed by atoms with E-state index in [9.17, 15) is 9.59 Å². The molecule has 0 bridgehead atoms. The number of urea groups is 1. The van der Waals surface area contributed by atoms with Crippen LogP contribution in [-0.4, -0.2) is 65.2 Å². The minimum Gasteiger partial charge on any atom is -0.481 e. The molecule has 1 saturated carbocycles. The Morgan fingerprint density at radius 1 is 1.19 bits per heavy atom. The molecule has 6 heteroatoms. The van der Waals surface area contributed by atoms with E-state index in [0.717, 1.165) is 32.2 Å². The Bertz CT molecular complexity index is 393. The molecular weight excluding hydrogens is 270 g/mol. The molecule has 2 aliphatic rings. The summed E-state index contributed by atoms with van der Waals surface area (Å²) in [6.07, 6.45) is 2.53. The second-order valence-electron chi connectivity index (χ2n) is 7.22. The highest BCUT2D eigenvalue weighted by Crippen LogP contribution is 2.27. The average molecular weight is 297 g/mol. The first-order valence-corrected chi connectivity index (χ1v) is 7.78. The number of piperazine rings is 1. The molecular formula is C15H27N3O3. The zero-order valence-corrected chi connectivity index (χ0v) is 13.3. The quantitative estimate of drug-likeness (QED) is 0.822. The van der Waals surface area contributed by atoms with Crippen molar-refractivity contribution in [1.82, 2.24) is 15.1 Å². The van der Waals surface area contributed by atoms with Gasteiger partial charge in [-0.15, -0.1) is 0 Å². The van der Waals surface area contributed by atoms with Crippen LogP contribution in [0.4, 0.5) is 4.79 Å². The van der Waals surface area contributed by atoms with Crippen LogP contribution >= 0.6 is 0 Å². The summed E-state index contributed by atoms with van der Waals surface area (Å²) in [6.45, 7) is 9.16. The minimum absolute atomic E-state index is 0.0444. The highest BCUT2D eigenvalue weighted by molar-refractivity contribution is 5.76. The molecule has 2 fully saturated rings. The lowest BCUT2D eigenvalue weighted by molar-refractivity contribution is -0.138. The van der Waals surface area contributed by atoms with Crippen molar-refractivity contribution < 1.29 is 14.7 Å². The van der Waals surface area contributed by atoms with Crippen LogP contribution in [0.25, 0.3) is 0 Å². The van der Waals surface area contributed by atoms with E-state index < -0.39 is 5.97 Å². The van der Waals surface area contributed by atoms with Crippen LogP contribution in [0.3, 0.4) is 0 Å². The summed E-state index contributed by atoms with van der Waals surface area (Å²) in [4.78, 5) is 27.6. The van der Waals surface area contributed by atoms with E-state index in [0.29, 0.717) is 0 Å². The van der Waals surface area contributed by atoms with Crippen molar-refractivity contribution >= 4 is 12.0 Å². The van der Waals surface area contributed by atoms with Crippen LogP contribution in [0.5, 0.6) is 0 Å². The summed E-state index contributed by atoms with van der Waals surface area (Å²) >= 11 is 0. The van der Waals surface area contributed by atoms with Gasteiger partial charge in [0.2, 0.25) is 0 Å². The van der Waals surface area contributed by atoms with Crippen LogP contribution in [0.15, 0.2) is 0 Å². The first-order valence-electron chi connectivity index (χ1n) is 7.78. The molecule has 21 heavy (non-hydrogen) atoms. The number of amides is 2. The van der Waals surface area contributed by atoms with Gasteiger partial charge in [0, 0.05) is 38.3 Å². The highest BCUT2D eigenvalue weighted by Gasteiger charge is 2.34. The Morgan fingerprint density at radius 3 is 2.19 bits per heavy atom. The van der Waals surface area contributed by atoms with Gasteiger partial charge in [0.25, 0.3) is 0 Å². The van der Waals surface area contributed by atoms with E-state index in [2.05, 4.69) is 10.2 Å². The van der Waals surface area contributed by atoms with Crippen molar-refractivity contribution in [1.29, 1.82) is 0 Å². The lowest BCUT2D eigenvalue weighted by Crippen LogP contribution is -2.55. The lowest BCUT2D eigenvalue weighted by Gasteiger charge is -2.37. The maximum Gasteiger partial charge on any atom is 0.317 e. The van der Waals surface area contributed by atoms with Gasteiger partial charge in [0.15, 0.2) is 0 Å². The number of hydrogen-bond acceptors (Lipinski definition) is 3. The second-order valence-corrected chi connectivity index (χ2v) is 7.22. The Labute approximate surface area is 126 Å². The number of carboxylic acid groups (broad SMARTS) is 1. The van der Waals surface area contributed by atoms with Gasteiger partial charge < -0.3 is 15.3 Å². The molecule has 2 amide bonds. The number of carboxylic acids is 1. The number of nitrogens with one attached hydrogen (secondary N) is 1. The van der Waals surface area contributed by atoms with Crippen molar-refractivity contribution in [3.05, 3.63) is 0 Å². The van der Waals surface area contributed by atoms with Gasteiger partial charge >= 0.3 is 12.0 Å². The maximum atomic E-state index is 12.3. The number of carbonyl (C=O) groups is 2. The molecule has 1 aliphatic heterocycles. The van der Waals surface area contributed by atoms with Crippen LogP contribution in [0.2, 0.25) is 0 Å². The fraction of sp³-hybridized carbons (Fsp3) is 0.867. The fourth-order valence-electron chi connectivity index (χ4n) is 2.72. The van der Waals surface area contributed by atoms with Crippen molar-refractivity contribution in [3.8, 4) is 0 Å². The predicted molar refractivity (Wildman–Crippen MR) is 80.2 cm³/mol. The van der Waals surface area contributed by atoms with Gasteiger partial charge in [-0.05, 0) is 18.3 Å². The molecule has 1 heterocycles. The van der Waals surface area contributed by atoms with Gasteiger partial charge in [-0.1, -0.05) is 20.8 Å². The monoisotopic (exact) mass is 297 g/mol. The van der Waals surface area contributed by atoms with Crippen molar-refractivity contribution in [2.24, 2.45) is 5.41 Å². The Kier molecular flexibility index (Phi) is 4.76. The summed E-state index contributed by atoms with van der Waals surface area (Å²) in [5.41, 5.74) is -0.274. The normalized spacial score (nSPS) is 22.0. The summed E-state index contributed by atoms with van der Waals surface area (Å²) in [6, 6.07) is 0.250. The van der Waals surface area contributed by atoms with Gasteiger partial charge in [0.05, 0.1) is 6.42 Å². The van der Waals surface area contributed by atoms with Crippen LogP contribution in [0, 0.1) is 5.41 Å². The number of nitrogens with zero attached hydrogens (tertiary/aromatic N) is 2. The van der Waals surface area contributed by atoms with E-state index >= 15 is 0 Å². The fourth-order valence-corrected chi connectivity index (χ4v) is 2.72. The highest BCUT2D eigenvalue weighted by atomic mass is 16.4. The van der Waals surface area contributed by atoms with Crippen molar-refractivity contribution in [2.75, 3.05) is 26.2 Å². The number of rotatable bonds is 4. The first kappa shape index (κ1) is 16.1. The topological polar surface area (TPSA) is 72.9 Å². The van der Waals surface area contributed by atoms with Crippen LogP contribution in [-0.2, 0) is 4.79 Å². The summed E-state index contributed by atoms with van der Waals surface area (Å²) in [5, 5.41) is 11.9. The van der Waals surface area contributed by atoms with Gasteiger partial charge in [-0.2, -0.15) is 0 Å². The molecule has 1 atom stereocenters. The first-order chi connectivity index (χ1) is 9.77. The summed E-state index contributed by atoms with van der Waals surface area (Å²) in [7, 11) is 0. The average Bonchev–Trinajstić information content (AvgIpc) is 3.20. The Hall–Kier alpha value is -1.30. The molecule has 6 nitrogen and oxygen atoms in total. The molecule has 2 rings (SSSR count). The second kappa shape index (κ2) is 6.22. The Morgan fingerprint density at radius 2 is 1.76 bits per heavy atom. The van der Waals surface area contributed by atoms with E-state index in [1.807, 2.05) is 20.8 Å². The van der Waals surface area contributed by atoms with E-state index in [1.165, 1.54) is 12.8 Å². The molecule has 1 saturated heterocycles. The third-order valence-corrected chi connectivity index (χ3v) is 4.39. The van der Waals surface area contributed by atoms with Crippen LogP contribution in [0.1, 0.15) is 40.0 Å². The third-order valence-electron chi connectivity index (χ3n) is 4.39. The largest absolute Gasteiger partial charge is 0.481 e. The molecule has 0 aromatic carbocycles. The Balaban J connectivity index is 1.85. The van der Waals surface area contributed by atoms with E-state index in [4.69, 9.17) is 5.11 Å². The molecule has 1 unspecified atom stereocenters. The van der Waals surface area contributed by atoms with Crippen LogP contribution < -0.4 is 5.32 Å². The van der Waals surface area contributed by atoms with Crippen molar-refractivity contribution in [2.45, 2.75) is 52.1 Å². The molecule has 1 aliphatic carbocycles. The van der Waals surface area contributed by atoms with Gasteiger partial charge in [0.1, 0.15) is 0 Å². The molecule has 120 valence electrons. The predicted octanol–water partition coefficient (Wildman–Crippen LogP) is 1.37. The maximum absolute atomic E-state index is 12.3. The van der Waals surface area contributed by atoms with Gasteiger partial charge in [-0.3, -0.25) is 9.69 Å². The lowest BCUT2D eigenvalue weighted by atomic mass is 9.85. The standard InChI is InChI=1S/C15H27N3O3/c1-15(2,3)12(10-13(19)20)16-14(21)18-8-6-17(7-9-18)11-4-5-11/h11-12H,4-10H2,1-3H3,(H,16,21)(H,19,20). The molecule has 0 radical (unpaired) electrons. The van der Waals surface area contributed by atoms with Crippen molar-refractivity contribution in [3.63, 3.8) is 0 Å². The molecule has 0 aromatic heterocycles. The summed E-state index contributed by atoms with van der Waals surface area (Å²) < 4.78 is 0. The van der Waals surface area contributed by atoms with E-state index in [1.54, 1.807) is 4.90 Å². The molecule has 2 N–H and O–H groups in total. The molecule has 0 aromatic rings. The third kappa shape index (κ3) is 4.59. The zero-order chi connectivity index (χ0) is 15.6. The zero-order valence-electron chi connectivity index (χ0n) is 13.3. The van der Waals surface area contributed by atoms with Gasteiger partial charge in [-0.25, -0.2) is 4.79 Å². The number of carbonyl (C=O) groups excluding carboxylic acids is 1. The number of aliphatic carboxylic acids is 1. The molecule has 0 spiro atoms. The van der Waals surface area contributed by atoms with E-state index in [-0.39, 0.29) is 23.9 Å².